The van der Waals surface area contributed by atoms with Gasteiger partial charge >= 0.3 is 5.69 Å². The molecule has 0 bridgehead atoms. The topological polar surface area (TPSA) is 119 Å². The van der Waals surface area contributed by atoms with Crippen LogP contribution < -0.4 is 21.9 Å². The summed E-state index contributed by atoms with van der Waals surface area (Å²) in [5.74, 6) is -0.915. The SMILES string of the molecule is Cc1cccc2nc(C(=O)N[C@H]3CC[C@@H](n4c(=O)c5cc(F)cnc5n(-c5cccc(-c6ccc(CN7CCNCC7)cc6)c5)c4=O)CC3)cn12. The Balaban J connectivity index is 1.06. The number of piperazine rings is 1. The van der Waals surface area contributed by atoms with Gasteiger partial charge in [-0.25, -0.2) is 23.7 Å². The number of aryl methyl sites for hydroxylation is 1. The molecular weight excluding hydrogens is 647 g/mol. The van der Waals surface area contributed by atoms with Crippen LogP contribution in [0.1, 0.15) is 53.5 Å². The van der Waals surface area contributed by atoms with Crippen molar-refractivity contribution in [1.82, 2.24) is 39.0 Å². The number of carbonyl (C=O) groups excluding carboxylic acids is 1. The maximum atomic E-state index is 14.5. The van der Waals surface area contributed by atoms with Gasteiger partial charge in [0, 0.05) is 56.7 Å². The summed E-state index contributed by atoms with van der Waals surface area (Å²) < 4.78 is 19.1. The van der Waals surface area contributed by atoms with Crippen LogP contribution in [0.3, 0.4) is 0 Å². The normalized spacial score (nSPS) is 18.3. The van der Waals surface area contributed by atoms with Crippen molar-refractivity contribution in [1.29, 1.82) is 0 Å². The predicted molar refractivity (Wildman–Crippen MR) is 194 cm³/mol. The van der Waals surface area contributed by atoms with E-state index in [-0.39, 0.29) is 23.0 Å². The van der Waals surface area contributed by atoms with Crippen molar-refractivity contribution >= 4 is 22.6 Å². The minimum atomic E-state index is -0.653. The third-order valence-electron chi connectivity index (χ3n) is 10.2. The monoisotopic (exact) mass is 686 g/mol. The molecule has 0 unspecified atom stereocenters. The lowest BCUT2D eigenvalue weighted by molar-refractivity contribution is 0.0917. The molecule has 1 amide bonds. The third-order valence-corrected chi connectivity index (χ3v) is 10.2. The molecular formula is C39H39FN8O3. The Morgan fingerprint density at radius 2 is 1.71 bits per heavy atom. The van der Waals surface area contributed by atoms with E-state index in [4.69, 9.17) is 0 Å². The van der Waals surface area contributed by atoms with Crippen molar-refractivity contribution in [2.24, 2.45) is 0 Å². The van der Waals surface area contributed by atoms with Crippen LogP contribution in [-0.2, 0) is 6.54 Å². The van der Waals surface area contributed by atoms with E-state index in [0.717, 1.165) is 61.8 Å². The molecule has 1 saturated heterocycles. The van der Waals surface area contributed by atoms with Gasteiger partial charge in [0.05, 0.1) is 17.3 Å². The predicted octanol–water partition coefficient (Wildman–Crippen LogP) is 4.63. The number of carbonyl (C=O) groups is 1. The molecule has 0 atom stereocenters. The highest BCUT2D eigenvalue weighted by molar-refractivity contribution is 5.93. The zero-order valence-corrected chi connectivity index (χ0v) is 28.4. The van der Waals surface area contributed by atoms with Gasteiger partial charge in [-0.05, 0) is 79.6 Å². The highest BCUT2D eigenvalue weighted by Gasteiger charge is 2.29. The fourth-order valence-electron chi connectivity index (χ4n) is 7.49. The smallest absolute Gasteiger partial charge is 0.337 e. The molecule has 1 aliphatic heterocycles. The Bertz CT molecular complexity index is 2370. The van der Waals surface area contributed by atoms with Crippen molar-refractivity contribution in [3.05, 3.63) is 129 Å². The number of imidazole rings is 1. The maximum Gasteiger partial charge on any atom is 0.337 e. The van der Waals surface area contributed by atoms with Gasteiger partial charge in [0.25, 0.3) is 11.5 Å². The van der Waals surface area contributed by atoms with Gasteiger partial charge in [0.15, 0.2) is 5.65 Å². The highest BCUT2D eigenvalue weighted by atomic mass is 19.1. The number of fused-ring (bicyclic) bond motifs is 2. The minimum Gasteiger partial charge on any atom is -0.348 e. The number of hydrogen-bond donors (Lipinski definition) is 2. The van der Waals surface area contributed by atoms with Crippen molar-refractivity contribution in [3.8, 4) is 16.8 Å². The van der Waals surface area contributed by atoms with Crippen LogP contribution in [0.5, 0.6) is 0 Å². The Hall–Kier alpha value is -5.46. The van der Waals surface area contributed by atoms with Gasteiger partial charge in [-0.15, -0.1) is 0 Å². The average molecular weight is 687 g/mol. The summed E-state index contributed by atoms with van der Waals surface area (Å²) in [7, 11) is 0. The lowest BCUT2D eigenvalue weighted by Crippen LogP contribution is -2.45. The molecule has 1 saturated carbocycles. The van der Waals surface area contributed by atoms with Gasteiger partial charge in [0.2, 0.25) is 0 Å². The first kappa shape index (κ1) is 32.7. The van der Waals surface area contributed by atoms with Crippen LogP contribution in [0.2, 0.25) is 0 Å². The van der Waals surface area contributed by atoms with Crippen LogP contribution >= 0.6 is 0 Å². The molecule has 1 aliphatic carbocycles. The summed E-state index contributed by atoms with van der Waals surface area (Å²) in [6, 6.07) is 22.3. The van der Waals surface area contributed by atoms with E-state index in [9.17, 15) is 18.8 Å². The molecule has 2 aliphatic rings. The number of benzene rings is 2. The minimum absolute atomic E-state index is 0.0369. The molecule has 2 fully saturated rings. The zero-order chi connectivity index (χ0) is 35.1. The average Bonchev–Trinajstić information content (AvgIpc) is 3.60. The Kier molecular flexibility index (Phi) is 8.78. The molecule has 8 rings (SSSR count). The molecule has 260 valence electrons. The molecule has 4 aromatic heterocycles. The second kappa shape index (κ2) is 13.7. The fraction of sp³-hybridized carbons (Fsp3) is 0.308. The lowest BCUT2D eigenvalue weighted by Gasteiger charge is -2.30. The van der Waals surface area contributed by atoms with Gasteiger partial charge in [0.1, 0.15) is 17.2 Å². The van der Waals surface area contributed by atoms with Crippen LogP contribution in [0, 0.1) is 12.7 Å². The summed E-state index contributed by atoms with van der Waals surface area (Å²) in [6.07, 6.45) is 4.86. The van der Waals surface area contributed by atoms with E-state index >= 15 is 0 Å². The van der Waals surface area contributed by atoms with Crippen LogP contribution in [0.25, 0.3) is 33.5 Å². The summed E-state index contributed by atoms with van der Waals surface area (Å²) in [5.41, 5.74) is 4.68. The molecule has 11 nitrogen and oxygen atoms in total. The van der Waals surface area contributed by atoms with Crippen molar-refractivity contribution in [2.45, 2.75) is 51.2 Å². The van der Waals surface area contributed by atoms with Gasteiger partial charge in [-0.3, -0.25) is 19.1 Å². The van der Waals surface area contributed by atoms with E-state index in [0.29, 0.717) is 42.7 Å². The van der Waals surface area contributed by atoms with Crippen molar-refractivity contribution in [2.75, 3.05) is 26.2 Å². The van der Waals surface area contributed by atoms with Crippen molar-refractivity contribution in [3.63, 3.8) is 0 Å². The number of halogens is 1. The molecule has 12 heteroatoms. The Morgan fingerprint density at radius 1 is 0.941 bits per heavy atom. The van der Waals surface area contributed by atoms with Gasteiger partial charge in [-0.2, -0.15) is 0 Å². The number of nitrogens with one attached hydrogen (secondary N) is 2. The van der Waals surface area contributed by atoms with Crippen LogP contribution in [-0.4, -0.2) is 66.5 Å². The van der Waals surface area contributed by atoms with E-state index in [1.165, 1.54) is 14.7 Å². The number of amides is 1. The summed E-state index contributed by atoms with van der Waals surface area (Å²) in [6.45, 7) is 6.89. The number of aromatic nitrogens is 5. The molecule has 0 radical (unpaired) electrons. The fourth-order valence-corrected chi connectivity index (χ4v) is 7.49. The third kappa shape index (κ3) is 6.48. The Labute approximate surface area is 293 Å². The van der Waals surface area contributed by atoms with E-state index in [2.05, 4.69) is 49.8 Å². The first-order valence-corrected chi connectivity index (χ1v) is 17.5. The lowest BCUT2D eigenvalue weighted by atomic mass is 9.90. The van der Waals surface area contributed by atoms with E-state index < -0.39 is 23.1 Å². The number of nitrogens with zero attached hydrogens (tertiary/aromatic N) is 6. The quantitative estimate of drug-likeness (QED) is 0.252. The standard InChI is InChI=1S/C39H39FN8O3/c1-25-4-2-7-35-44-34(24-46(25)35)37(49)43-30-12-14-31(15-13-30)48-38(50)33-21-29(40)22-42-36(33)47(39(48)51)32-6-3-5-28(20-32)27-10-8-26(9-11-27)23-45-18-16-41-17-19-45/h2-11,20-22,24,30-31,41H,12-19,23H2,1H3,(H,43,49)/t30-,31+. The molecule has 51 heavy (non-hydrogen) atoms. The second-order valence-electron chi connectivity index (χ2n) is 13.6. The molecule has 2 N–H and O–H groups in total. The van der Waals surface area contributed by atoms with E-state index in [1.54, 1.807) is 12.3 Å². The summed E-state index contributed by atoms with van der Waals surface area (Å²) >= 11 is 0. The molecule has 5 heterocycles. The number of hydrogen-bond acceptors (Lipinski definition) is 7. The summed E-state index contributed by atoms with van der Waals surface area (Å²) in [5, 5.41) is 6.51. The number of pyridine rings is 2. The van der Waals surface area contributed by atoms with E-state index in [1.807, 2.05) is 47.7 Å². The molecule has 2 aromatic carbocycles. The van der Waals surface area contributed by atoms with Crippen LogP contribution in [0.15, 0.2) is 94.8 Å². The zero-order valence-electron chi connectivity index (χ0n) is 28.4. The highest BCUT2D eigenvalue weighted by Crippen LogP contribution is 2.29. The Morgan fingerprint density at radius 3 is 2.47 bits per heavy atom. The molecule has 6 aromatic rings. The maximum absolute atomic E-state index is 14.5. The van der Waals surface area contributed by atoms with Gasteiger partial charge in [-0.1, -0.05) is 42.5 Å². The van der Waals surface area contributed by atoms with Gasteiger partial charge < -0.3 is 15.0 Å². The molecule has 0 spiro atoms. The summed E-state index contributed by atoms with van der Waals surface area (Å²) in [4.78, 5) is 52.5. The number of rotatable bonds is 7. The van der Waals surface area contributed by atoms with Crippen LogP contribution in [0.4, 0.5) is 4.39 Å². The van der Waals surface area contributed by atoms with Crippen molar-refractivity contribution < 1.29 is 9.18 Å². The second-order valence-corrected chi connectivity index (χ2v) is 13.6. The first-order valence-electron chi connectivity index (χ1n) is 17.5. The first-order chi connectivity index (χ1) is 24.8. The largest absolute Gasteiger partial charge is 0.348 e.